The third kappa shape index (κ3) is 3.70. The van der Waals surface area contributed by atoms with Crippen LogP contribution in [-0.4, -0.2) is 43.1 Å². The lowest BCUT2D eigenvalue weighted by atomic mass is 9.97. The normalized spacial score (nSPS) is 15.3. The van der Waals surface area contributed by atoms with Crippen LogP contribution in [0.2, 0.25) is 0 Å². The molecule has 6 heteroatoms. The Hall–Kier alpha value is -2.08. The van der Waals surface area contributed by atoms with Crippen LogP contribution in [0.15, 0.2) is 29.8 Å². The summed E-state index contributed by atoms with van der Waals surface area (Å²) in [7, 11) is 3.21. The minimum Gasteiger partial charge on any atom is -0.493 e. The average Bonchev–Trinajstić information content (AvgIpc) is 3.16. The SMILES string of the molecule is COc1ccc(CC(=O)N2CCC(c3nccs3)CC2)cc1OC. The van der Waals surface area contributed by atoms with Gasteiger partial charge in [-0.2, -0.15) is 0 Å². The molecule has 0 bridgehead atoms. The molecule has 1 amide bonds. The predicted molar refractivity (Wildman–Crippen MR) is 93.9 cm³/mol. The Morgan fingerprint density at radius 2 is 2.00 bits per heavy atom. The number of thiazole rings is 1. The Labute approximate surface area is 146 Å². The molecule has 5 nitrogen and oxygen atoms in total. The van der Waals surface area contributed by atoms with Gasteiger partial charge in [-0.1, -0.05) is 6.07 Å². The zero-order chi connectivity index (χ0) is 16.9. The smallest absolute Gasteiger partial charge is 0.226 e. The molecule has 2 heterocycles. The van der Waals surface area contributed by atoms with Gasteiger partial charge in [0.1, 0.15) is 0 Å². The molecular formula is C18H22N2O3S. The summed E-state index contributed by atoms with van der Waals surface area (Å²) in [6.07, 6.45) is 4.23. The average molecular weight is 346 g/mol. The van der Waals surface area contributed by atoms with Crippen molar-refractivity contribution in [3.05, 3.63) is 40.3 Å². The first kappa shape index (κ1) is 16.8. The van der Waals surface area contributed by atoms with Crippen molar-refractivity contribution in [3.63, 3.8) is 0 Å². The van der Waals surface area contributed by atoms with E-state index in [1.165, 1.54) is 5.01 Å². The second kappa shape index (κ2) is 7.66. The van der Waals surface area contributed by atoms with Crippen LogP contribution in [-0.2, 0) is 11.2 Å². The van der Waals surface area contributed by atoms with E-state index in [0.717, 1.165) is 31.5 Å². The van der Waals surface area contributed by atoms with Gasteiger partial charge >= 0.3 is 0 Å². The highest BCUT2D eigenvalue weighted by atomic mass is 32.1. The van der Waals surface area contributed by atoms with Crippen molar-refractivity contribution >= 4 is 17.2 Å². The number of piperidine rings is 1. The van der Waals surface area contributed by atoms with E-state index in [1.54, 1.807) is 25.6 Å². The zero-order valence-corrected chi connectivity index (χ0v) is 14.8. The van der Waals surface area contributed by atoms with E-state index in [1.807, 2.05) is 34.7 Å². The van der Waals surface area contributed by atoms with Crippen LogP contribution >= 0.6 is 11.3 Å². The molecule has 1 aliphatic heterocycles. The summed E-state index contributed by atoms with van der Waals surface area (Å²) in [5, 5.41) is 3.21. The van der Waals surface area contributed by atoms with E-state index >= 15 is 0 Å². The van der Waals surface area contributed by atoms with Crippen LogP contribution in [0.5, 0.6) is 11.5 Å². The van der Waals surface area contributed by atoms with Gasteiger partial charge in [0.2, 0.25) is 5.91 Å². The highest BCUT2D eigenvalue weighted by molar-refractivity contribution is 7.09. The molecule has 0 radical (unpaired) electrons. The van der Waals surface area contributed by atoms with Gasteiger partial charge in [0.05, 0.1) is 25.6 Å². The second-order valence-electron chi connectivity index (χ2n) is 5.89. The maximum atomic E-state index is 12.6. The zero-order valence-electron chi connectivity index (χ0n) is 14.0. The maximum absolute atomic E-state index is 12.6. The van der Waals surface area contributed by atoms with Gasteiger partial charge in [-0.05, 0) is 30.5 Å². The summed E-state index contributed by atoms with van der Waals surface area (Å²) in [5.41, 5.74) is 0.944. The minimum atomic E-state index is 0.166. The van der Waals surface area contributed by atoms with Crippen molar-refractivity contribution in [2.24, 2.45) is 0 Å². The second-order valence-corrected chi connectivity index (χ2v) is 6.82. The first-order valence-corrected chi connectivity index (χ1v) is 8.97. The van der Waals surface area contributed by atoms with Crippen LogP contribution in [0.1, 0.15) is 29.3 Å². The lowest BCUT2D eigenvalue weighted by molar-refractivity contribution is -0.131. The third-order valence-electron chi connectivity index (χ3n) is 4.45. The lowest BCUT2D eigenvalue weighted by Crippen LogP contribution is -2.38. The van der Waals surface area contributed by atoms with Gasteiger partial charge in [-0.3, -0.25) is 4.79 Å². The highest BCUT2D eigenvalue weighted by Gasteiger charge is 2.25. The van der Waals surface area contributed by atoms with E-state index in [-0.39, 0.29) is 5.91 Å². The van der Waals surface area contributed by atoms with Gasteiger partial charge < -0.3 is 14.4 Å². The number of hydrogen-bond acceptors (Lipinski definition) is 5. The molecule has 24 heavy (non-hydrogen) atoms. The number of amides is 1. The number of nitrogens with zero attached hydrogens (tertiary/aromatic N) is 2. The van der Waals surface area contributed by atoms with Crippen LogP contribution < -0.4 is 9.47 Å². The molecule has 128 valence electrons. The van der Waals surface area contributed by atoms with Gasteiger partial charge in [-0.25, -0.2) is 4.98 Å². The van der Waals surface area contributed by atoms with Crippen molar-refractivity contribution in [3.8, 4) is 11.5 Å². The number of ether oxygens (including phenoxy) is 2. The molecule has 0 unspecified atom stereocenters. The van der Waals surface area contributed by atoms with Gasteiger partial charge in [0.15, 0.2) is 11.5 Å². The summed E-state index contributed by atoms with van der Waals surface area (Å²) in [6.45, 7) is 1.60. The molecule has 0 aliphatic carbocycles. The van der Waals surface area contributed by atoms with Crippen LogP contribution in [0.4, 0.5) is 0 Å². The van der Waals surface area contributed by atoms with Gasteiger partial charge in [0.25, 0.3) is 0 Å². The molecule has 1 saturated heterocycles. The van der Waals surface area contributed by atoms with Gasteiger partial charge in [0, 0.05) is 30.6 Å². The summed E-state index contributed by atoms with van der Waals surface area (Å²) < 4.78 is 10.5. The first-order valence-electron chi connectivity index (χ1n) is 8.09. The third-order valence-corrected chi connectivity index (χ3v) is 5.39. The molecule has 1 aliphatic rings. The largest absolute Gasteiger partial charge is 0.493 e. The van der Waals surface area contributed by atoms with E-state index in [4.69, 9.17) is 9.47 Å². The Bertz CT molecular complexity index is 680. The fraction of sp³-hybridized carbons (Fsp3) is 0.444. The Morgan fingerprint density at radius 3 is 2.62 bits per heavy atom. The molecule has 2 aromatic rings. The summed E-state index contributed by atoms with van der Waals surface area (Å²) in [4.78, 5) is 18.9. The molecule has 0 atom stereocenters. The Balaban J connectivity index is 1.58. The van der Waals surface area contributed by atoms with E-state index in [2.05, 4.69) is 4.98 Å². The fourth-order valence-corrected chi connectivity index (χ4v) is 3.90. The van der Waals surface area contributed by atoms with Gasteiger partial charge in [-0.15, -0.1) is 11.3 Å². The van der Waals surface area contributed by atoms with E-state index in [9.17, 15) is 4.79 Å². The molecule has 3 rings (SSSR count). The number of hydrogen-bond donors (Lipinski definition) is 0. The first-order chi connectivity index (χ1) is 11.7. The van der Waals surface area contributed by atoms with Crippen molar-refractivity contribution < 1.29 is 14.3 Å². The topological polar surface area (TPSA) is 51.7 Å². The van der Waals surface area contributed by atoms with E-state index < -0.39 is 0 Å². The molecular weight excluding hydrogens is 324 g/mol. The molecule has 1 aromatic carbocycles. The van der Waals surface area contributed by atoms with Crippen molar-refractivity contribution in [1.82, 2.24) is 9.88 Å². The molecule has 0 saturated carbocycles. The predicted octanol–water partition coefficient (Wildman–Crippen LogP) is 3.11. The number of carbonyl (C=O) groups excluding carboxylic acids is 1. The lowest BCUT2D eigenvalue weighted by Gasteiger charge is -2.31. The van der Waals surface area contributed by atoms with Crippen molar-refractivity contribution in [2.45, 2.75) is 25.2 Å². The number of carbonyl (C=O) groups is 1. The quantitative estimate of drug-likeness (QED) is 0.835. The number of aromatic nitrogens is 1. The fourth-order valence-electron chi connectivity index (χ4n) is 3.09. The maximum Gasteiger partial charge on any atom is 0.226 e. The Morgan fingerprint density at radius 1 is 1.25 bits per heavy atom. The minimum absolute atomic E-state index is 0.166. The molecule has 0 spiro atoms. The molecule has 1 fully saturated rings. The highest BCUT2D eigenvalue weighted by Crippen LogP contribution is 2.30. The summed E-state index contributed by atoms with van der Waals surface area (Å²) in [6, 6.07) is 5.64. The number of rotatable bonds is 5. The Kier molecular flexibility index (Phi) is 5.35. The number of methoxy groups -OCH3 is 2. The van der Waals surface area contributed by atoms with Crippen LogP contribution in [0.25, 0.3) is 0 Å². The van der Waals surface area contributed by atoms with Crippen molar-refractivity contribution in [1.29, 1.82) is 0 Å². The standard InChI is InChI=1S/C18H22N2O3S/c1-22-15-4-3-13(11-16(15)23-2)12-17(21)20-8-5-14(6-9-20)18-19-7-10-24-18/h3-4,7,10-11,14H,5-6,8-9,12H2,1-2H3. The monoisotopic (exact) mass is 346 g/mol. The molecule has 1 aromatic heterocycles. The summed E-state index contributed by atoms with van der Waals surface area (Å²) in [5.74, 6) is 2.00. The summed E-state index contributed by atoms with van der Waals surface area (Å²) >= 11 is 1.71. The van der Waals surface area contributed by atoms with Crippen LogP contribution in [0, 0.1) is 0 Å². The van der Waals surface area contributed by atoms with Crippen LogP contribution in [0.3, 0.4) is 0 Å². The number of likely N-dealkylation sites (tertiary alicyclic amines) is 1. The van der Waals surface area contributed by atoms with Crippen molar-refractivity contribution in [2.75, 3.05) is 27.3 Å². The van der Waals surface area contributed by atoms with E-state index in [0.29, 0.717) is 23.8 Å². The number of benzene rings is 1. The molecule has 0 N–H and O–H groups in total.